The van der Waals surface area contributed by atoms with Gasteiger partial charge < -0.3 is 4.90 Å². The number of amides is 1. The highest BCUT2D eigenvalue weighted by Gasteiger charge is 2.32. The largest absolute Gasteiger partial charge is 0.417 e. The van der Waals surface area contributed by atoms with E-state index in [9.17, 15) is 18.0 Å². The van der Waals surface area contributed by atoms with Gasteiger partial charge in [0.05, 0.1) is 10.6 Å². The van der Waals surface area contributed by atoms with Gasteiger partial charge in [-0.15, -0.1) is 0 Å². The zero-order valence-corrected chi connectivity index (χ0v) is 18.2. The second-order valence-corrected chi connectivity index (χ2v) is 9.41. The van der Waals surface area contributed by atoms with Crippen molar-refractivity contribution in [2.75, 3.05) is 29.5 Å². The fourth-order valence-corrected chi connectivity index (χ4v) is 5.01. The predicted molar refractivity (Wildman–Crippen MR) is 115 cm³/mol. The Labute approximate surface area is 181 Å². The number of anilines is 1. The van der Waals surface area contributed by atoms with Gasteiger partial charge in [0, 0.05) is 36.4 Å². The van der Waals surface area contributed by atoms with E-state index in [0.29, 0.717) is 36.0 Å². The Morgan fingerprint density at radius 1 is 1.23 bits per heavy atom. The molecule has 0 spiro atoms. The molecule has 3 rings (SSSR count). The monoisotopic (exact) mass is 457 g/mol. The number of carbonyl (C=O) groups is 1. The number of rotatable bonds is 5. The molecule has 9 heteroatoms. The van der Waals surface area contributed by atoms with Crippen LogP contribution in [0.25, 0.3) is 0 Å². The van der Waals surface area contributed by atoms with Gasteiger partial charge in [-0.2, -0.15) is 17.5 Å². The van der Waals surface area contributed by atoms with Gasteiger partial charge in [-0.25, -0.2) is 4.98 Å². The fourth-order valence-electron chi connectivity index (χ4n) is 3.13. The van der Waals surface area contributed by atoms with Crippen LogP contribution in [0.2, 0.25) is 5.02 Å². The lowest BCUT2D eigenvalue weighted by molar-refractivity contribution is -0.137. The zero-order chi connectivity index (χ0) is 21.7. The minimum absolute atomic E-state index is 0.0252. The molecule has 1 aromatic carbocycles. The lowest BCUT2D eigenvalue weighted by atomic mass is 10.1. The predicted octanol–water partition coefficient (Wildman–Crippen LogP) is 5.56. The normalized spacial score (nSPS) is 15.3. The first-order valence-corrected chi connectivity index (χ1v) is 11.7. The summed E-state index contributed by atoms with van der Waals surface area (Å²) in [5, 5.41) is -0.0252. The molecule has 1 aliphatic heterocycles. The SMILES string of the molecule is CCCCc1ccc(C(=O)N=S2CCN(c3ncc(C(F)(F)F)cc3Cl)CC2)cc1. The first-order chi connectivity index (χ1) is 14.3. The molecule has 2 aromatic rings. The number of nitrogens with zero attached hydrogens (tertiary/aromatic N) is 3. The first-order valence-electron chi connectivity index (χ1n) is 9.78. The van der Waals surface area contributed by atoms with Crippen LogP contribution in [0.3, 0.4) is 0 Å². The van der Waals surface area contributed by atoms with E-state index in [1.165, 1.54) is 5.56 Å². The molecule has 1 aliphatic rings. The van der Waals surface area contributed by atoms with Crippen LogP contribution >= 0.6 is 11.6 Å². The molecule has 1 amide bonds. The molecule has 0 atom stereocenters. The highest BCUT2D eigenvalue weighted by molar-refractivity contribution is 7.87. The van der Waals surface area contributed by atoms with Crippen LogP contribution in [-0.4, -0.2) is 35.5 Å². The van der Waals surface area contributed by atoms with Gasteiger partial charge in [0.1, 0.15) is 5.82 Å². The number of aryl methyl sites for hydroxylation is 1. The van der Waals surface area contributed by atoms with E-state index in [1.807, 2.05) is 29.2 Å². The molecular formula is C21H23ClF3N3OS. The summed E-state index contributed by atoms with van der Waals surface area (Å²) in [5.74, 6) is 1.39. The lowest BCUT2D eigenvalue weighted by Gasteiger charge is -2.29. The Morgan fingerprint density at radius 3 is 2.47 bits per heavy atom. The molecule has 4 nitrogen and oxygen atoms in total. The zero-order valence-electron chi connectivity index (χ0n) is 16.6. The molecule has 162 valence electrons. The molecule has 0 bridgehead atoms. The second kappa shape index (κ2) is 9.92. The van der Waals surface area contributed by atoms with E-state index >= 15 is 0 Å². The van der Waals surface area contributed by atoms with Crippen LogP contribution in [0.5, 0.6) is 0 Å². The maximum absolute atomic E-state index is 12.8. The van der Waals surface area contributed by atoms with Crippen molar-refractivity contribution < 1.29 is 18.0 Å². The summed E-state index contributed by atoms with van der Waals surface area (Å²) in [7, 11) is -0.422. The molecular weight excluding hydrogens is 435 g/mol. The molecule has 1 aromatic heterocycles. The van der Waals surface area contributed by atoms with Gasteiger partial charge in [0.2, 0.25) is 0 Å². The van der Waals surface area contributed by atoms with Crippen LogP contribution in [-0.2, 0) is 23.3 Å². The molecule has 0 unspecified atom stereocenters. The summed E-state index contributed by atoms with van der Waals surface area (Å²) in [4.78, 5) is 18.2. The van der Waals surface area contributed by atoms with E-state index < -0.39 is 22.4 Å². The Morgan fingerprint density at radius 2 is 1.90 bits per heavy atom. The van der Waals surface area contributed by atoms with Crippen molar-refractivity contribution in [3.63, 3.8) is 0 Å². The van der Waals surface area contributed by atoms with Crippen LogP contribution in [0, 0.1) is 0 Å². The summed E-state index contributed by atoms with van der Waals surface area (Å²) in [6, 6.07) is 8.49. The summed E-state index contributed by atoms with van der Waals surface area (Å²) in [6.45, 7) is 3.21. The fraction of sp³-hybridized carbons (Fsp3) is 0.429. The average Bonchev–Trinajstić information content (AvgIpc) is 2.72. The van der Waals surface area contributed by atoms with E-state index in [4.69, 9.17) is 11.6 Å². The van der Waals surface area contributed by atoms with Crippen molar-refractivity contribution in [3.05, 3.63) is 58.2 Å². The first kappa shape index (κ1) is 22.7. The van der Waals surface area contributed by atoms with Gasteiger partial charge in [-0.3, -0.25) is 4.79 Å². The number of pyridine rings is 1. The Kier molecular flexibility index (Phi) is 7.52. The van der Waals surface area contributed by atoms with Crippen LogP contribution in [0.4, 0.5) is 19.0 Å². The quantitative estimate of drug-likeness (QED) is 0.590. The number of hydrogen-bond acceptors (Lipinski definition) is 3. The highest BCUT2D eigenvalue weighted by atomic mass is 35.5. The standard InChI is InChI=1S/C21H23ClF3N3OS/c1-2-3-4-15-5-7-16(8-6-15)20(29)27-30-11-9-28(10-12-30)19-18(22)13-17(14-26-19)21(23,24)25/h5-8,13-14H,2-4,9-12H2,1H3. The lowest BCUT2D eigenvalue weighted by Crippen LogP contribution is -2.38. The van der Waals surface area contributed by atoms with E-state index in [-0.39, 0.29) is 10.9 Å². The molecule has 0 radical (unpaired) electrons. The molecule has 0 saturated carbocycles. The second-order valence-electron chi connectivity index (χ2n) is 7.08. The molecule has 2 heterocycles. The Bertz CT molecular complexity index is 922. The summed E-state index contributed by atoms with van der Waals surface area (Å²) in [5.41, 5.74) is 0.928. The molecule has 30 heavy (non-hydrogen) atoms. The van der Waals surface area contributed by atoms with Gasteiger partial charge in [-0.05, 0) is 36.6 Å². The van der Waals surface area contributed by atoms with Gasteiger partial charge >= 0.3 is 6.18 Å². The molecule has 1 saturated heterocycles. The number of halogens is 4. The third-order valence-corrected chi connectivity index (χ3v) is 6.88. The summed E-state index contributed by atoms with van der Waals surface area (Å²) >= 11 is 6.03. The van der Waals surface area contributed by atoms with Crippen LogP contribution in [0.1, 0.15) is 41.3 Å². The minimum atomic E-state index is -4.48. The van der Waals surface area contributed by atoms with Crippen molar-refractivity contribution in [2.45, 2.75) is 32.4 Å². The van der Waals surface area contributed by atoms with Crippen molar-refractivity contribution in [1.82, 2.24) is 4.98 Å². The summed E-state index contributed by atoms with van der Waals surface area (Å²) < 4.78 is 42.7. The van der Waals surface area contributed by atoms with Crippen LogP contribution < -0.4 is 4.90 Å². The van der Waals surface area contributed by atoms with E-state index in [0.717, 1.165) is 31.5 Å². The number of hydrogen-bond donors (Lipinski definition) is 0. The Balaban J connectivity index is 1.61. The number of alkyl halides is 3. The third kappa shape index (κ3) is 5.82. The number of aromatic nitrogens is 1. The smallest absolute Gasteiger partial charge is 0.354 e. The number of carbonyl (C=O) groups excluding carboxylic acids is 1. The van der Waals surface area contributed by atoms with Gasteiger partial charge in [0.25, 0.3) is 5.91 Å². The van der Waals surface area contributed by atoms with E-state index in [2.05, 4.69) is 16.3 Å². The van der Waals surface area contributed by atoms with Crippen molar-refractivity contribution >= 4 is 34.0 Å². The van der Waals surface area contributed by atoms with Crippen LogP contribution in [0.15, 0.2) is 40.9 Å². The topological polar surface area (TPSA) is 45.6 Å². The maximum atomic E-state index is 12.8. The molecule has 1 fully saturated rings. The maximum Gasteiger partial charge on any atom is 0.417 e. The molecule has 0 N–H and O–H groups in total. The van der Waals surface area contributed by atoms with Gasteiger partial charge in [-0.1, -0.05) is 47.8 Å². The van der Waals surface area contributed by atoms with Crippen molar-refractivity contribution in [3.8, 4) is 0 Å². The number of unbranched alkanes of at least 4 members (excludes halogenated alkanes) is 1. The minimum Gasteiger partial charge on any atom is -0.354 e. The Hall–Kier alpha value is -1.93. The average molecular weight is 458 g/mol. The summed E-state index contributed by atoms with van der Waals surface area (Å²) in [6.07, 6.45) is -0.425. The van der Waals surface area contributed by atoms with Crippen molar-refractivity contribution in [2.24, 2.45) is 4.36 Å². The van der Waals surface area contributed by atoms with Crippen molar-refractivity contribution in [1.29, 1.82) is 0 Å². The number of benzene rings is 1. The third-order valence-electron chi connectivity index (χ3n) is 4.87. The molecule has 0 aliphatic carbocycles. The van der Waals surface area contributed by atoms with Gasteiger partial charge in [0.15, 0.2) is 0 Å². The highest BCUT2D eigenvalue weighted by Crippen LogP contribution is 2.33. The van der Waals surface area contributed by atoms with E-state index in [1.54, 1.807) is 0 Å².